The minimum Gasteiger partial charge on any atom is -0.489 e. The number of fused-ring (bicyclic) bond motifs is 1. The predicted octanol–water partition coefficient (Wildman–Crippen LogP) is 2.73. The molecule has 0 spiro atoms. The van der Waals surface area contributed by atoms with Crippen LogP contribution in [0.25, 0.3) is 0 Å². The van der Waals surface area contributed by atoms with E-state index >= 15 is 0 Å². The quantitative estimate of drug-likeness (QED) is 0.286. The van der Waals surface area contributed by atoms with Gasteiger partial charge in [0.25, 0.3) is 0 Å². The summed E-state index contributed by atoms with van der Waals surface area (Å²) in [6, 6.07) is 5.33. The SMILES string of the molecule is CCOC(=O)[C@H](CCCCCCC1CCNCC1)NC1COc2ccccc2N(CC(=O)O)C1=O. The fraction of sp³-hybridized carbons (Fsp3) is 0.654. The molecule has 0 aliphatic carbocycles. The molecule has 0 saturated carbocycles. The Kier molecular flexibility index (Phi) is 10.8. The van der Waals surface area contributed by atoms with Crippen molar-refractivity contribution in [3.8, 4) is 5.75 Å². The van der Waals surface area contributed by atoms with Crippen LogP contribution in [0.3, 0.4) is 0 Å². The van der Waals surface area contributed by atoms with E-state index in [2.05, 4.69) is 10.6 Å². The largest absolute Gasteiger partial charge is 0.489 e. The van der Waals surface area contributed by atoms with Gasteiger partial charge in [-0.1, -0.05) is 44.2 Å². The highest BCUT2D eigenvalue weighted by Crippen LogP contribution is 2.31. The second kappa shape index (κ2) is 14.0. The lowest BCUT2D eigenvalue weighted by Crippen LogP contribution is -2.54. The smallest absolute Gasteiger partial charge is 0.323 e. The van der Waals surface area contributed by atoms with Crippen molar-refractivity contribution in [3.05, 3.63) is 24.3 Å². The zero-order valence-corrected chi connectivity index (χ0v) is 20.7. The van der Waals surface area contributed by atoms with E-state index in [4.69, 9.17) is 9.47 Å². The molecule has 3 rings (SSSR count). The highest BCUT2D eigenvalue weighted by molar-refractivity contribution is 6.02. The Balaban J connectivity index is 1.56. The first-order valence-electron chi connectivity index (χ1n) is 12.9. The Hall–Kier alpha value is -2.65. The molecule has 9 nitrogen and oxygen atoms in total. The summed E-state index contributed by atoms with van der Waals surface area (Å²) in [6.07, 6.45) is 8.48. The van der Waals surface area contributed by atoms with Crippen molar-refractivity contribution in [2.75, 3.05) is 37.7 Å². The summed E-state index contributed by atoms with van der Waals surface area (Å²) in [6.45, 7) is 3.75. The summed E-state index contributed by atoms with van der Waals surface area (Å²) >= 11 is 0. The van der Waals surface area contributed by atoms with Crippen LogP contribution in [-0.4, -0.2) is 67.9 Å². The molecule has 9 heteroatoms. The molecule has 1 aromatic rings. The van der Waals surface area contributed by atoms with Crippen molar-refractivity contribution < 1.29 is 29.0 Å². The normalized spacial score (nSPS) is 19.4. The topological polar surface area (TPSA) is 117 Å². The third-order valence-corrected chi connectivity index (χ3v) is 6.71. The molecule has 2 heterocycles. The van der Waals surface area contributed by atoms with Gasteiger partial charge in [0.1, 0.15) is 31.0 Å². The number of ether oxygens (including phenoxy) is 2. The van der Waals surface area contributed by atoms with Crippen LogP contribution in [0, 0.1) is 5.92 Å². The van der Waals surface area contributed by atoms with Crippen LogP contribution < -0.4 is 20.3 Å². The van der Waals surface area contributed by atoms with Crippen molar-refractivity contribution in [2.24, 2.45) is 5.92 Å². The van der Waals surface area contributed by atoms with Crippen LogP contribution in [-0.2, 0) is 19.1 Å². The van der Waals surface area contributed by atoms with Gasteiger partial charge in [-0.2, -0.15) is 0 Å². The zero-order chi connectivity index (χ0) is 25.0. The molecule has 2 atom stereocenters. The van der Waals surface area contributed by atoms with Crippen LogP contribution in [0.2, 0.25) is 0 Å². The number of nitrogens with zero attached hydrogens (tertiary/aromatic N) is 1. The second-order valence-corrected chi connectivity index (χ2v) is 9.31. The number of carbonyl (C=O) groups excluding carboxylic acids is 2. The Morgan fingerprint density at radius 2 is 1.94 bits per heavy atom. The third kappa shape index (κ3) is 8.21. The number of unbranched alkanes of at least 4 members (excludes halogenated alkanes) is 3. The zero-order valence-electron chi connectivity index (χ0n) is 20.7. The third-order valence-electron chi connectivity index (χ3n) is 6.71. The standard InChI is InChI=1S/C26H39N3O6/c1-2-34-26(33)20(10-6-4-3-5-9-19-13-15-27-16-14-19)28-21-18-35-23-12-8-7-11-22(23)29(25(21)32)17-24(30)31/h7-8,11-12,19-21,27-28H,2-6,9-10,13-18H2,1H3,(H,30,31)/t20-,21?/m0/s1. The maximum atomic E-state index is 13.3. The molecule has 1 amide bonds. The summed E-state index contributed by atoms with van der Waals surface area (Å²) in [5.41, 5.74) is 0.408. The molecule has 1 saturated heterocycles. The number of carboxylic acids is 1. The number of esters is 1. The van der Waals surface area contributed by atoms with Crippen molar-refractivity contribution in [1.29, 1.82) is 0 Å². The molecule has 2 aliphatic rings. The van der Waals surface area contributed by atoms with Crippen LogP contribution in [0.1, 0.15) is 58.3 Å². The summed E-state index contributed by atoms with van der Waals surface area (Å²) in [4.78, 5) is 38.6. The first-order valence-corrected chi connectivity index (χ1v) is 12.9. The molecule has 194 valence electrons. The summed E-state index contributed by atoms with van der Waals surface area (Å²) in [7, 11) is 0. The van der Waals surface area contributed by atoms with E-state index < -0.39 is 36.5 Å². The first kappa shape index (κ1) is 26.9. The molecular weight excluding hydrogens is 450 g/mol. The highest BCUT2D eigenvalue weighted by Gasteiger charge is 2.35. The number of hydrogen-bond donors (Lipinski definition) is 3. The second-order valence-electron chi connectivity index (χ2n) is 9.31. The van der Waals surface area contributed by atoms with Gasteiger partial charge < -0.3 is 19.9 Å². The van der Waals surface area contributed by atoms with Crippen LogP contribution >= 0.6 is 0 Å². The summed E-state index contributed by atoms with van der Waals surface area (Å²) in [5.74, 6) is -0.701. The van der Waals surface area contributed by atoms with Crippen molar-refractivity contribution in [3.63, 3.8) is 0 Å². The van der Waals surface area contributed by atoms with E-state index in [1.54, 1.807) is 31.2 Å². The molecule has 3 N–H and O–H groups in total. The van der Waals surface area contributed by atoms with Crippen LogP contribution in [0.4, 0.5) is 5.69 Å². The molecule has 0 aromatic heterocycles. The van der Waals surface area contributed by atoms with Crippen LogP contribution in [0.15, 0.2) is 24.3 Å². The number of benzene rings is 1. The molecule has 1 unspecified atom stereocenters. The number of piperidine rings is 1. The van der Waals surface area contributed by atoms with Gasteiger partial charge in [0.05, 0.1) is 12.3 Å². The van der Waals surface area contributed by atoms with Crippen LogP contribution in [0.5, 0.6) is 5.75 Å². The average molecular weight is 490 g/mol. The lowest BCUT2D eigenvalue weighted by molar-refractivity contribution is -0.146. The highest BCUT2D eigenvalue weighted by atomic mass is 16.5. The molecule has 0 bridgehead atoms. The summed E-state index contributed by atoms with van der Waals surface area (Å²) in [5, 5.41) is 15.9. The molecular formula is C26H39N3O6. The Morgan fingerprint density at radius 1 is 1.20 bits per heavy atom. The molecule has 0 radical (unpaired) electrons. The summed E-state index contributed by atoms with van der Waals surface area (Å²) < 4.78 is 11.1. The fourth-order valence-corrected chi connectivity index (χ4v) is 4.83. The molecule has 2 aliphatic heterocycles. The molecule has 35 heavy (non-hydrogen) atoms. The lowest BCUT2D eigenvalue weighted by atomic mass is 9.92. The van der Waals surface area contributed by atoms with E-state index in [0.29, 0.717) is 17.9 Å². The van der Waals surface area contributed by atoms with Crippen molar-refractivity contribution in [2.45, 2.75) is 70.4 Å². The molecule has 1 fully saturated rings. The Morgan fingerprint density at radius 3 is 2.69 bits per heavy atom. The number of carbonyl (C=O) groups is 3. The van der Waals surface area contributed by atoms with Gasteiger partial charge in [0, 0.05) is 0 Å². The maximum Gasteiger partial charge on any atom is 0.323 e. The average Bonchev–Trinajstić information content (AvgIpc) is 2.98. The van der Waals surface area contributed by atoms with Gasteiger partial charge in [-0.25, -0.2) is 0 Å². The van der Waals surface area contributed by atoms with Crippen molar-refractivity contribution >= 4 is 23.5 Å². The van der Waals surface area contributed by atoms with Gasteiger partial charge in [0.2, 0.25) is 5.91 Å². The van der Waals surface area contributed by atoms with Gasteiger partial charge >= 0.3 is 11.9 Å². The number of anilines is 1. The van der Waals surface area contributed by atoms with Gasteiger partial charge in [-0.15, -0.1) is 0 Å². The number of amides is 1. The number of aliphatic carboxylic acids is 1. The first-order chi connectivity index (χ1) is 17.0. The van der Waals surface area contributed by atoms with E-state index in [9.17, 15) is 19.5 Å². The minimum atomic E-state index is -1.12. The van der Waals surface area contributed by atoms with E-state index in [0.717, 1.165) is 38.3 Å². The number of nitrogens with one attached hydrogen (secondary N) is 2. The Bertz CT molecular complexity index is 842. The number of carboxylic acid groups (broad SMARTS) is 1. The van der Waals surface area contributed by atoms with E-state index in [-0.39, 0.29) is 13.2 Å². The van der Waals surface area contributed by atoms with Gasteiger partial charge in [-0.3, -0.25) is 24.6 Å². The van der Waals surface area contributed by atoms with Gasteiger partial charge in [0.15, 0.2) is 0 Å². The lowest BCUT2D eigenvalue weighted by Gasteiger charge is -2.26. The number of para-hydroxylation sites is 2. The monoisotopic (exact) mass is 489 g/mol. The maximum absolute atomic E-state index is 13.3. The van der Waals surface area contributed by atoms with E-state index in [1.165, 1.54) is 30.6 Å². The van der Waals surface area contributed by atoms with Crippen molar-refractivity contribution in [1.82, 2.24) is 10.6 Å². The minimum absolute atomic E-state index is 0.00187. The number of hydrogen-bond acceptors (Lipinski definition) is 7. The number of rotatable bonds is 13. The predicted molar refractivity (Wildman–Crippen MR) is 133 cm³/mol. The fourth-order valence-electron chi connectivity index (χ4n) is 4.83. The van der Waals surface area contributed by atoms with Gasteiger partial charge in [-0.05, 0) is 57.3 Å². The Labute approximate surface area is 207 Å². The molecule has 1 aromatic carbocycles. The van der Waals surface area contributed by atoms with E-state index in [1.807, 2.05) is 0 Å².